The Balaban J connectivity index is 3.99. The summed E-state index contributed by atoms with van der Waals surface area (Å²) in [6, 6.07) is 1.01. The zero-order valence-corrected chi connectivity index (χ0v) is 13.7. The molecule has 0 saturated heterocycles. The molecule has 0 aliphatic carbocycles. The second-order valence-corrected chi connectivity index (χ2v) is 8.08. The highest BCUT2D eigenvalue weighted by atomic mass is 28.4. The maximum Gasteiger partial charge on any atom is 0.335 e. The summed E-state index contributed by atoms with van der Waals surface area (Å²) in [5.74, 6) is 0.584. The normalized spacial score (nSPS) is 12.3. The molecule has 0 fully saturated rings. The lowest BCUT2D eigenvalue weighted by atomic mass is 10.3. The van der Waals surface area contributed by atoms with Crippen molar-refractivity contribution in [2.45, 2.75) is 40.3 Å². The van der Waals surface area contributed by atoms with Gasteiger partial charge in [0.15, 0.2) is 0 Å². The largest absolute Gasteiger partial charge is 0.392 e. The molecule has 0 N–H and O–H groups in total. The van der Waals surface area contributed by atoms with E-state index in [1.807, 2.05) is 13.8 Å². The van der Waals surface area contributed by atoms with Crippen molar-refractivity contribution in [1.82, 2.24) is 0 Å². The van der Waals surface area contributed by atoms with Crippen molar-refractivity contribution in [3.05, 3.63) is 0 Å². The Bertz CT molecular complexity index is 176. The minimum absolute atomic E-state index is 0.584. The molecule has 0 atom stereocenters. The predicted molar refractivity (Wildman–Crippen MR) is 76.2 cm³/mol. The van der Waals surface area contributed by atoms with Crippen molar-refractivity contribution < 1.29 is 18.3 Å². The smallest absolute Gasteiger partial charge is 0.335 e. The summed E-state index contributed by atoms with van der Waals surface area (Å²) in [7, 11) is -2.07. The van der Waals surface area contributed by atoms with Gasteiger partial charge in [0.05, 0.1) is 26.4 Å². The van der Waals surface area contributed by atoms with E-state index in [0.717, 1.165) is 19.3 Å². The van der Waals surface area contributed by atoms with Crippen molar-refractivity contribution in [3.8, 4) is 0 Å². The van der Waals surface area contributed by atoms with Crippen LogP contribution in [0.1, 0.15) is 27.7 Å². The minimum Gasteiger partial charge on any atom is -0.392 e. The topological polar surface area (TPSA) is 36.9 Å². The fraction of sp³-hybridized carbons (Fsp3) is 1.00. The maximum absolute atomic E-state index is 5.96. The van der Waals surface area contributed by atoms with E-state index >= 15 is 0 Å². The van der Waals surface area contributed by atoms with Crippen molar-refractivity contribution in [2.24, 2.45) is 5.92 Å². The lowest BCUT2D eigenvalue weighted by molar-refractivity contribution is 0.0654. The third kappa shape index (κ3) is 10.0. The Kier molecular flexibility index (Phi) is 11.0. The molecular formula is C13H30O4Si. The van der Waals surface area contributed by atoms with Crippen LogP contribution in [0.3, 0.4) is 0 Å². The number of hydrogen-bond acceptors (Lipinski definition) is 4. The molecule has 0 aromatic carbocycles. The molecule has 5 heteroatoms. The summed E-state index contributed by atoms with van der Waals surface area (Å²) in [5, 5.41) is 0. The molecule has 4 nitrogen and oxygen atoms in total. The van der Waals surface area contributed by atoms with Crippen molar-refractivity contribution in [2.75, 3.05) is 39.6 Å². The van der Waals surface area contributed by atoms with E-state index in [4.69, 9.17) is 18.3 Å². The molecule has 0 rings (SSSR count). The third-order valence-electron chi connectivity index (χ3n) is 2.46. The Labute approximate surface area is 113 Å². The van der Waals surface area contributed by atoms with Crippen LogP contribution in [-0.4, -0.2) is 48.2 Å². The first-order chi connectivity index (χ1) is 8.54. The van der Waals surface area contributed by atoms with E-state index in [-0.39, 0.29) is 0 Å². The fourth-order valence-corrected chi connectivity index (χ4v) is 4.66. The lowest BCUT2D eigenvalue weighted by Crippen LogP contribution is -2.41. The molecule has 0 unspecified atom stereocenters. The number of hydrogen-bond donors (Lipinski definition) is 0. The first-order valence-electron chi connectivity index (χ1n) is 6.97. The predicted octanol–water partition coefficient (Wildman–Crippen LogP) is 2.82. The molecule has 0 amide bonds. The van der Waals surface area contributed by atoms with Gasteiger partial charge in [-0.05, 0) is 32.4 Å². The van der Waals surface area contributed by atoms with Crippen molar-refractivity contribution in [3.63, 3.8) is 0 Å². The van der Waals surface area contributed by atoms with Crippen LogP contribution >= 0.6 is 0 Å². The van der Waals surface area contributed by atoms with Crippen LogP contribution in [-0.2, 0) is 18.3 Å². The summed E-state index contributed by atoms with van der Waals surface area (Å²) in [5.41, 5.74) is 0. The molecular weight excluding hydrogens is 248 g/mol. The Morgan fingerprint density at radius 1 is 0.833 bits per heavy atom. The molecule has 0 aromatic heterocycles. The molecule has 110 valence electrons. The van der Waals surface area contributed by atoms with Crippen molar-refractivity contribution in [1.29, 1.82) is 0 Å². The van der Waals surface area contributed by atoms with Crippen LogP contribution in [0.2, 0.25) is 12.6 Å². The molecule has 0 heterocycles. The zero-order chi connectivity index (χ0) is 13.9. The van der Waals surface area contributed by atoms with Gasteiger partial charge in [-0.3, -0.25) is 0 Å². The fourth-order valence-electron chi connectivity index (χ4n) is 1.82. The first-order valence-corrected chi connectivity index (χ1v) is 9.49. The molecule has 0 saturated carbocycles. The van der Waals surface area contributed by atoms with Gasteiger partial charge in [0, 0.05) is 13.2 Å². The Hall–Kier alpha value is 0.0569. The van der Waals surface area contributed by atoms with E-state index in [1.165, 1.54) is 0 Å². The summed E-state index contributed by atoms with van der Waals surface area (Å²) >= 11 is 0. The molecule has 0 radical (unpaired) electrons. The molecule has 0 aromatic rings. The Morgan fingerprint density at radius 2 is 1.28 bits per heavy atom. The molecule has 0 spiro atoms. The second-order valence-electron chi connectivity index (χ2n) is 4.82. The molecule has 0 aliphatic heterocycles. The molecule has 0 bridgehead atoms. The van der Waals surface area contributed by atoms with Gasteiger partial charge in [-0.25, -0.2) is 0 Å². The van der Waals surface area contributed by atoms with E-state index in [2.05, 4.69) is 20.4 Å². The van der Waals surface area contributed by atoms with Crippen LogP contribution in [0.25, 0.3) is 0 Å². The van der Waals surface area contributed by atoms with E-state index in [0.29, 0.717) is 32.3 Å². The van der Waals surface area contributed by atoms with Crippen LogP contribution in [0.5, 0.6) is 0 Å². The van der Waals surface area contributed by atoms with Gasteiger partial charge < -0.3 is 18.3 Å². The maximum atomic E-state index is 5.96. The van der Waals surface area contributed by atoms with Gasteiger partial charge in [0.1, 0.15) is 0 Å². The minimum atomic E-state index is -2.07. The highest BCUT2D eigenvalue weighted by molar-refractivity contribution is 6.66. The van der Waals surface area contributed by atoms with Gasteiger partial charge in [-0.1, -0.05) is 13.8 Å². The van der Waals surface area contributed by atoms with Gasteiger partial charge in [0.25, 0.3) is 0 Å². The second kappa shape index (κ2) is 10.9. The van der Waals surface area contributed by atoms with Crippen LogP contribution in [0, 0.1) is 5.92 Å². The lowest BCUT2D eigenvalue weighted by Gasteiger charge is -2.28. The Morgan fingerprint density at radius 3 is 1.61 bits per heavy atom. The molecule has 18 heavy (non-hydrogen) atoms. The third-order valence-corrected chi connectivity index (χ3v) is 5.65. The van der Waals surface area contributed by atoms with Crippen molar-refractivity contribution >= 4 is 8.56 Å². The SMILES string of the molecule is CCOCCO[Si](C)(CC(C)C)OCCOCC. The standard InChI is InChI=1S/C13H30O4Si/c1-6-14-8-10-16-18(5,12-13(3)4)17-11-9-15-7-2/h13H,6-12H2,1-5H3. The summed E-state index contributed by atoms with van der Waals surface area (Å²) in [6.45, 7) is 14.5. The monoisotopic (exact) mass is 278 g/mol. The highest BCUT2D eigenvalue weighted by Gasteiger charge is 2.32. The van der Waals surface area contributed by atoms with E-state index in [9.17, 15) is 0 Å². The van der Waals surface area contributed by atoms with Gasteiger partial charge in [0.2, 0.25) is 0 Å². The van der Waals surface area contributed by atoms with Gasteiger partial charge in [-0.15, -0.1) is 0 Å². The van der Waals surface area contributed by atoms with E-state index in [1.54, 1.807) is 0 Å². The highest BCUT2D eigenvalue weighted by Crippen LogP contribution is 2.19. The number of ether oxygens (including phenoxy) is 2. The summed E-state index contributed by atoms with van der Waals surface area (Å²) in [6.07, 6.45) is 0. The first kappa shape index (κ1) is 18.1. The van der Waals surface area contributed by atoms with Gasteiger partial charge >= 0.3 is 8.56 Å². The molecule has 0 aliphatic rings. The summed E-state index contributed by atoms with van der Waals surface area (Å²) in [4.78, 5) is 0. The summed E-state index contributed by atoms with van der Waals surface area (Å²) < 4.78 is 22.5. The van der Waals surface area contributed by atoms with Crippen LogP contribution in [0.4, 0.5) is 0 Å². The average Bonchev–Trinajstić information content (AvgIpc) is 2.30. The van der Waals surface area contributed by atoms with Gasteiger partial charge in [-0.2, -0.15) is 0 Å². The quantitative estimate of drug-likeness (QED) is 0.406. The average molecular weight is 278 g/mol. The van der Waals surface area contributed by atoms with Crippen LogP contribution in [0.15, 0.2) is 0 Å². The zero-order valence-electron chi connectivity index (χ0n) is 12.7. The van der Waals surface area contributed by atoms with E-state index < -0.39 is 8.56 Å². The number of rotatable bonds is 12. The van der Waals surface area contributed by atoms with Crippen LogP contribution < -0.4 is 0 Å².